The summed E-state index contributed by atoms with van der Waals surface area (Å²) in [7, 11) is 1.71. The van der Waals surface area contributed by atoms with Crippen molar-refractivity contribution in [3.8, 4) is 5.75 Å². The molecular formula is C13H11Cl3N2O3. The Labute approximate surface area is 136 Å². The van der Waals surface area contributed by atoms with Crippen LogP contribution in [-0.2, 0) is 13.7 Å². The summed E-state index contributed by atoms with van der Waals surface area (Å²) in [6.07, 6.45) is 0. The Morgan fingerprint density at radius 3 is 2.57 bits per heavy atom. The Bertz CT molecular complexity index is 713. The minimum absolute atomic E-state index is 0.0490. The van der Waals surface area contributed by atoms with E-state index in [4.69, 9.17) is 39.5 Å². The van der Waals surface area contributed by atoms with Crippen molar-refractivity contribution < 1.29 is 14.6 Å². The van der Waals surface area contributed by atoms with Crippen molar-refractivity contribution in [1.29, 1.82) is 0 Å². The fourth-order valence-corrected chi connectivity index (χ4v) is 2.63. The van der Waals surface area contributed by atoms with E-state index in [0.29, 0.717) is 16.4 Å². The first-order valence-electron chi connectivity index (χ1n) is 5.84. The molecule has 0 radical (unpaired) electrons. The van der Waals surface area contributed by atoms with Gasteiger partial charge in [-0.2, -0.15) is 5.10 Å². The minimum atomic E-state index is -1.18. The van der Waals surface area contributed by atoms with Crippen LogP contribution in [0.1, 0.15) is 21.6 Å². The third-order valence-corrected chi connectivity index (χ3v) is 3.84. The van der Waals surface area contributed by atoms with Gasteiger partial charge in [0.2, 0.25) is 0 Å². The zero-order valence-electron chi connectivity index (χ0n) is 11.2. The number of ether oxygens (including phenoxy) is 1. The first-order chi connectivity index (χ1) is 9.81. The smallest absolute Gasteiger partial charge is 0.339 e. The van der Waals surface area contributed by atoms with E-state index in [1.165, 1.54) is 16.8 Å². The maximum atomic E-state index is 11.2. The maximum absolute atomic E-state index is 11.2. The molecule has 0 unspecified atom stereocenters. The molecule has 0 atom stereocenters. The largest absolute Gasteiger partial charge is 0.486 e. The van der Waals surface area contributed by atoms with E-state index >= 15 is 0 Å². The first-order valence-corrected chi connectivity index (χ1v) is 6.97. The van der Waals surface area contributed by atoms with Gasteiger partial charge in [0.05, 0.1) is 10.7 Å². The van der Waals surface area contributed by atoms with E-state index in [1.54, 1.807) is 14.0 Å². The second-order valence-electron chi connectivity index (χ2n) is 4.34. The highest BCUT2D eigenvalue weighted by atomic mass is 35.5. The Kier molecular flexibility index (Phi) is 4.66. The van der Waals surface area contributed by atoms with Gasteiger partial charge in [0.1, 0.15) is 17.3 Å². The fourth-order valence-electron chi connectivity index (χ4n) is 1.85. The first kappa shape index (κ1) is 15.9. The summed E-state index contributed by atoms with van der Waals surface area (Å²) in [6.45, 7) is 1.84. The van der Waals surface area contributed by atoms with Crippen LogP contribution in [0.15, 0.2) is 12.1 Å². The lowest BCUT2D eigenvalue weighted by atomic mass is 10.2. The van der Waals surface area contributed by atoms with Crippen molar-refractivity contribution in [2.24, 2.45) is 7.05 Å². The molecule has 0 aliphatic carbocycles. The maximum Gasteiger partial charge on any atom is 0.339 e. The van der Waals surface area contributed by atoms with Gasteiger partial charge in [-0.15, -0.1) is 0 Å². The second-order valence-corrected chi connectivity index (χ2v) is 5.54. The molecule has 8 heteroatoms. The molecule has 0 aliphatic heterocycles. The van der Waals surface area contributed by atoms with Crippen LogP contribution < -0.4 is 4.74 Å². The number of nitrogens with zero attached hydrogens (tertiary/aromatic N) is 2. The number of benzene rings is 1. The Morgan fingerprint density at radius 1 is 1.38 bits per heavy atom. The van der Waals surface area contributed by atoms with Gasteiger partial charge in [0, 0.05) is 17.6 Å². The molecule has 21 heavy (non-hydrogen) atoms. The number of carboxylic acid groups (broad SMARTS) is 1. The van der Waals surface area contributed by atoms with Crippen LogP contribution in [0.3, 0.4) is 0 Å². The molecule has 112 valence electrons. The lowest BCUT2D eigenvalue weighted by Gasteiger charge is -2.11. The third kappa shape index (κ3) is 3.26. The van der Waals surface area contributed by atoms with Crippen molar-refractivity contribution in [1.82, 2.24) is 9.78 Å². The molecule has 0 amide bonds. The van der Waals surface area contributed by atoms with Crippen molar-refractivity contribution >= 4 is 40.8 Å². The predicted molar refractivity (Wildman–Crippen MR) is 80.7 cm³/mol. The zero-order chi connectivity index (χ0) is 15.7. The monoisotopic (exact) mass is 348 g/mol. The quantitative estimate of drug-likeness (QED) is 0.907. The van der Waals surface area contributed by atoms with Crippen LogP contribution in [0.5, 0.6) is 5.75 Å². The molecule has 0 saturated heterocycles. The van der Waals surface area contributed by atoms with Gasteiger partial charge in [-0.1, -0.05) is 34.8 Å². The zero-order valence-corrected chi connectivity index (χ0v) is 13.4. The fraction of sp³-hybridized carbons (Fsp3) is 0.231. The highest BCUT2D eigenvalue weighted by Gasteiger charge is 2.19. The molecule has 0 spiro atoms. The van der Waals surface area contributed by atoms with Gasteiger partial charge >= 0.3 is 5.97 Å². The van der Waals surface area contributed by atoms with Crippen molar-refractivity contribution in [2.45, 2.75) is 13.5 Å². The molecular weight excluding hydrogens is 339 g/mol. The highest BCUT2D eigenvalue weighted by Crippen LogP contribution is 2.33. The average molecular weight is 350 g/mol. The summed E-state index contributed by atoms with van der Waals surface area (Å²) < 4.78 is 7.05. The summed E-state index contributed by atoms with van der Waals surface area (Å²) >= 11 is 17.9. The third-order valence-electron chi connectivity index (χ3n) is 2.87. The van der Waals surface area contributed by atoms with Crippen molar-refractivity contribution in [3.63, 3.8) is 0 Å². The molecule has 0 fully saturated rings. The number of aromatic carboxylic acids is 1. The van der Waals surface area contributed by atoms with E-state index < -0.39 is 5.97 Å². The minimum Gasteiger partial charge on any atom is -0.486 e. The highest BCUT2D eigenvalue weighted by molar-refractivity contribution is 6.36. The van der Waals surface area contributed by atoms with E-state index in [9.17, 15) is 9.90 Å². The lowest BCUT2D eigenvalue weighted by Crippen LogP contribution is -2.05. The number of halogens is 3. The van der Waals surface area contributed by atoms with E-state index in [2.05, 4.69) is 5.10 Å². The molecule has 1 aromatic heterocycles. The van der Waals surface area contributed by atoms with Crippen LogP contribution in [0.25, 0.3) is 0 Å². The molecule has 1 N–H and O–H groups in total. The molecule has 1 heterocycles. The lowest BCUT2D eigenvalue weighted by molar-refractivity contribution is 0.0692. The van der Waals surface area contributed by atoms with E-state index in [0.717, 1.165) is 0 Å². The molecule has 2 aromatic rings. The molecule has 0 saturated carbocycles. The SMILES string of the molecule is Cc1nn(C)c(Cl)c1COc1c(Cl)cc(Cl)cc1C(=O)O. The molecule has 0 aliphatic rings. The van der Waals surface area contributed by atoms with Crippen LogP contribution in [0.2, 0.25) is 15.2 Å². The van der Waals surface area contributed by atoms with Gasteiger partial charge < -0.3 is 9.84 Å². The van der Waals surface area contributed by atoms with E-state index in [1.807, 2.05) is 0 Å². The van der Waals surface area contributed by atoms with Crippen LogP contribution in [0.4, 0.5) is 0 Å². The Hall–Kier alpha value is -1.43. The van der Waals surface area contributed by atoms with Gasteiger partial charge in [0.25, 0.3) is 0 Å². The topological polar surface area (TPSA) is 64.4 Å². The number of carboxylic acids is 1. The van der Waals surface area contributed by atoms with Crippen molar-refractivity contribution in [3.05, 3.63) is 44.2 Å². The number of hydrogen-bond acceptors (Lipinski definition) is 3. The molecule has 2 rings (SSSR count). The second kappa shape index (κ2) is 6.13. The van der Waals surface area contributed by atoms with Crippen LogP contribution in [-0.4, -0.2) is 20.9 Å². The average Bonchev–Trinajstić information content (AvgIpc) is 2.62. The Balaban J connectivity index is 2.34. The predicted octanol–water partition coefficient (Wildman–Crippen LogP) is 3.97. The van der Waals surface area contributed by atoms with Gasteiger partial charge in [-0.25, -0.2) is 4.79 Å². The summed E-state index contributed by atoms with van der Waals surface area (Å²) in [6, 6.07) is 2.70. The number of hydrogen-bond donors (Lipinski definition) is 1. The Morgan fingerprint density at radius 2 is 2.05 bits per heavy atom. The number of rotatable bonds is 4. The molecule has 1 aromatic carbocycles. The number of aromatic nitrogens is 2. The molecule has 5 nitrogen and oxygen atoms in total. The standard InChI is InChI=1S/C13H11Cl3N2O3/c1-6-9(12(16)18(2)17-6)5-21-11-8(13(19)20)3-7(14)4-10(11)15/h3-4H,5H2,1-2H3,(H,19,20). The molecule has 0 bridgehead atoms. The van der Waals surface area contributed by atoms with Crippen LogP contribution in [0, 0.1) is 6.92 Å². The van der Waals surface area contributed by atoms with Gasteiger partial charge in [-0.3, -0.25) is 4.68 Å². The number of carbonyl (C=O) groups is 1. The summed E-state index contributed by atoms with van der Waals surface area (Å²) in [5.41, 5.74) is 1.26. The summed E-state index contributed by atoms with van der Waals surface area (Å²) in [5.74, 6) is -1.13. The van der Waals surface area contributed by atoms with E-state index in [-0.39, 0.29) is 28.0 Å². The normalized spacial score (nSPS) is 10.7. The van der Waals surface area contributed by atoms with Gasteiger partial charge in [0.15, 0.2) is 5.75 Å². The van der Waals surface area contributed by atoms with Crippen LogP contribution >= 0.6 is 34.8 Å². The summed E-state index contributed by atoms with van der Waals surface area (Å²) in [4.78, 5) is 11.2. The number of aryl methyl sites for hydroxylation is 2. The van der Waals surface area contributed by atoms with Crippen molar-refractivity contribution in [2.75, 3.05) is 0 Å². The summed E-state index contributed by atoms with van der Waals surface area (Å²) in [5, 5.41) is 14.1. The van der Waals surface area contributed by atoms with Gasteiger partial charge in [-0.05, 0) is 19.1 Å².